The summed E-state index contributed by atoms with van der Waals surface area (Å²) in [6.07, 6.45) is 8.44. The molecule has 2 amide bonds. The summed E-state index contributed by atoms with van der Waals surface area (Å²) in [7, 11) is 0. The molecule has 3 aliphatic rings. The normalized spacial score (nSPS) is 30.9. The Bertz CT molecular complexity index is 547. The van der Waals surface area contributed by atoms with Crippen molar-refractivity contribution in [2.45, 2.75) is 89.5 Å². The highest BCUT2D eigenvalue weighted by Crippen LogP contribution is 2.36. The summed E-state index contributed by atoms with van der Waals surface area (Å²) in [5.41, 5.74) is 0. The Morgan fingerprint density at radius 2 is 2.00 bits per heavy atom. The predicted octanol–water partition coefficient (Wildman–Crippen LogP) is 2.52. The fourth-order valence-electron chi connectivity index (χ4n) is 4.66. The monoisotopic (exact) mass is 365 g/mol. The van der Waals surface area contributed by atoms with Crippen molar-refractivity contribution in [2.24, 2.45) is 11.0 Å². The first-order valence-electron chi connectivity index (χ1n) is 10.0. The second kappa shape index (κ2) is 8.37. The summed E-state index contributed by atoms with van der Waals surface area (Å²) in [6, 6.07) is -0.170. The van der Waals surface area contributed by atoms with E-state index in [9.17, 15) is 14.7 Å². The second-order valence-corrected chi connectivity index (χ2v) is 7.82. The van der Waals surface area contributed by atoms with Gasteiger partial charge in [-0.1, -0.05) is 26.2 Å². The van der Waals surface area contributed by atoms with E-state index in [2.05, 4.69) is 5.10 Å². The zero-order valence-electron chi connectivity index (χ0n) is 15.8. The van der Waals surface area contributed by atoms with Gasteiger partial charge in [0.05, 0.1) is 24.4 Å². The summed E-state index contributed by atoms with van der Waals surface area (Å²) in [5, 5.41) is 16.0. The Morgan fingerprint density at radius 3 is 2.65 bits per heavy atom. The van der Waals surface area contributed by atoms with E-state index in [4.69, 9.17) is 4.74 Å². The maximum atomic E-state index is 12.8. The highest BCUT2D eigenvalue weighted by atomic mass is 16.5. The van der Waals surface area contributed by atoms with Crippen molar-refractivity contribution in [3.8, 4) is 0 Å². The first-order chi connectivity index (χ1) is 12.5. The molecule has 1 aliphatic heterocycles. The topological polar surface area (TPSA) is 82.4 Å². The van der Waals surface area contributed by atoms with Crippen LogP contribution in [0.2, 0.25) is 0 Å². The number of amides is 2. The lowest BCUT2D eigenvalue weighted by Crippen LogP contribution is -2.36. The lowest BCUT2D eigenvalue weighted by molar-refractivity contribution is -0.145. The molecule has 3 fully saturated rings. The molecule has 0 aromatic rings. The van der Waals surface area contributed by atoms with Crippen molar-refractivity contribution in [2.75, 3.05) is 6.54 Å². The number of rotatable bonds is 6. The standard InChI is InChI=1S/C19H31N3O4/c1-3-9-21-16-10-15(24)11-17(16)22(19(21)25)20-12-18(26-13(2)23)14-7-5-4-6-8-14/h12,14-18,24H,3-11H2,1-2H3. The Hall–Kier alpha value is -1.63. The largest absolute Gasteiger partial charge is 0.456 e. The molecule has 2 saturated carbocycles. The van der Waals surface area contributed by atoms with Crippen molar-refractivity contribution in [1.29, 1.82) is 0 Å². The van der Waals surface area contributed by atoms with E-state index in [-0.39, 0.29) is 36.1 Å². The first-order valence-corrected chi connectivity index (χ1v) is 10.0. The quantitative estimate of drug-likeness (QED) is 0.579. The number of nitrogens with zero attached hydrogens (tertiary/aromatic N) is 3. The number of fused-ring (bicyclic) bond motifs is 1. The van der Waals surface area contributed by atoms with Crippen LogP contribution in [0.5, 0.6) is 0 Å². The maximum Gasteiger partial charge on any atom is 0.341 e. The number of hydrogen-bond donors (Lipinski definition) is 1. The number of hydrazone groups is 1. The molecule has 7 nitrogen and oxygen atoms in total. The van der Waals surface area contributed by atoms with Gasteiger partial charge in [-0.3, -0.25) is 4.79 Å². The molecular formula is C19H31N3O4. The molecule has 1 saturated heterocycles. The first kappa shape index (κ1) is 19.1. The number of aliphatic hydroxyl groups is 1. The third-order valence-corrected chi connectivity index (χ3v) is 5.85. The van der Waals surface area contributed by atoms with E-state index in [1.807, 2.05) is 11.8 Å². The van der Waals surface area contributed by atoms with Gasteiger partial charge in [-0.2, -0.15) is 5.10 Å². The van der Waals surface area contributed by atoms with Gasteiger partial charge in [-0.15, -0.1) is 0 Å². The number of urea groups is 1. The molecule has 26 heavy (non-hydrogen) atoms. The van der Waals surface area contributed by atoms with Gasteiger partial charge >= 0.3 is 12.0 Å². The van der Waals surface area contributed by atoms with Crippen LogP contribution in [0.1, 0.15) is 65.2 Å². The van der Waals surface area contributed by atoms with E-state index >= 15 is 0 Å². The van der Waals surface area contributed by atoms with Gasteiger partial charge in [0.25, 0.3) is 0 Å². The Morgan fingerprint density at radius 1 is 1.31 bits per heavy atom. The van der Waals surface area contributed by atoms with Crippen LogP contribution < -0.4 is 0 Å². The molecule has 0 bridgehead atoms. The summed E-state index contributed by atoms with van der Waals surface area (Å²) in [5.74, 6) is -0.0487. The van der Waals surface area contributed by atoms with Crippen molar-refractivity contribution in [3.63, 3.8) is 0 Å². The third-order valence-electron chi connectivity index (χ3n) is 5.85. The Balaban J connectivity index is 1.75. The van der Waals surface area contributed by atoms with E-state index < -0.39 is 6.10 Å². The molecule has 146 valence electrons. The third kappa shape index (κ3) is 4.03. The minimum absolute atomic E-state index is 0.0245. The van der Waals surface area contributed by atoms with Crippen LogP contribution in [-0.2, 0) is 9.53 Å². The average Bonchev–Trinajstić information content (AvgIpc) is 3.09. The van der Waals surface area contributed by atoms with Gasteiger partial charge < -0.3 is 14.7 Å². The van der Waals surface area contributed by atoms with Crippen LogP contribution in [0, 0.1) is 5.92 Å². The lowest BCUT2D eigenvalue weighted by Gasteiger charge is -2.27. The summed E-state index contributed by atoms with van der Waals surface area (Å²) in [4.78, 5) is 26.1. The Labute approximate surface area is 155 Å². The fraction of sp³-hybridized carbons (Fsp3) is 0.842. The van der Waals surface area contributed by atoms with E-state index in [1.54, 1.807) is 6.21 Å². The summed E-state index contributed by atoms with van der Waals surface area (Å²) in [6.45, 7) is 4.13. The minimum Gasteiger partial charge on any atom is -0.456 e. The van der Waals surface area contributed by atoms with E-state index in [0.717, 1.165) is 32.1 Å². The second-order valence-electron chi connectivity index (χ2n) is 7.82. The Kier molecular flexibility index (Phi) is 6.16. The van der Waals surface area contributed by atoms with Crippen molar-refractivity contribution in [3.05, 3.63) is 0 Å². The summed E-state index contributed by atoms with van der Waals surface area (Å²) >= 11 is 0. The number of aliphatic hydroxyl groups excluding tert-OH is 1. The highest BCUT2D eigenvalue weighted by molar-refractivity contribution is 5.80. The molecule has 3 rings (SSSR count). The molecule has 2 aliphatic carbocycles. The van der Waals surface area contributed by atoms with Crippen molar-refractivity contribution < 1.29 is 19.4 Å². The molecule has 1 heterocycles. The lowest BCUT2D eigenvalue weighted by atomic mass is 9.85. The average molecular weight is 365 g/mol. The smallest absolute Gasteiger partial charge is 0.341 e. The van der Waals surface area contributed by atoms with Crippen LogP contribution in [-0.4, -0.2) is 64.1 Å². The molecule has 0 aromatic heterocycles. The van der Waals surface area contributed by atoms with Gasteiger partial charge in [-0.05, 0) is 32.1 Å². The van der Waals surface area contributed by atoms with E-state index in [1.165, 1.54) is 18.4 Å². The zero-order chi connectivity index (χ0) is 18.7. The molecule has 0 radical (unpaired) electrons. The van der Waals surface area contributed by atoms with Crippen LogP contribution in [0.3, 0.4) is 0 Å². The van der Waals surface area contributed by atoms with E-state index in [0.29, 0.717) is 19.4 Å². The van der Waals surface area contributed by atoms with Crippen LogP contribution in [0.4, 0.5) is 4.79 Å². The molecule has 1 N–H and O–H groups in total. The van der Waals surface area contributed by atoms with Crippen molar-refractivity contribution >= 4 is 18.2 Å². The number of carbonyl (C=O) groups is 2. The van der Waals surface area contributed by atoms with Crippen molar-refractivity contribution in [1.82, 2.24) is 9.91 Å². The molecule has 4 unspecified atom stereocenters. The SMILES string of the molecule is CCCN1C(=O)N(N=CC(OC(C)=O)C2CCCCC2)C2CC(O)CC21. The fourth-order valence-corrected chi connectivity index (χ4v) is 4.66. The minimum atomic E-state index is -0.391. The predicted molar refractivity (Wildman–Crippen MR) is 97.7 cm³/mol. The highest BCUT2D eigenvalue weighted by Gasteiger charge is 2.51. The molecule has 4 atom stereocenters. The van der Waals surface area contributed by atoms with Crippen LogP contribution in [0.15, 0.2) is 5.10 Å². The van der Waals surface area contributed by atoms with Gasteiger partial charge in [-0.25, -0.2) is 9.80 Å². The summed E-state index contributed by atoms with van der Waals surface area (Å²) < 4.78 is 5.50. The van der Waals surface area contributed by atoms with Gasteiger partial charge in [0, 0.05) is 19.4 Å². The van der Waals surface area contributed by atoms with Gasteiger partial charge in [0.1, 0.15) is 6.10 Å². The molecule has 0 spiro atoms. The number of esters is 1. The number of hydrogen-bond acceptors (Lipinski definition) is 5. The molecule has 0 aromatic carbocycles. The van der Waals surface area contributed by atoms with Crippen LogP contribution >= 0.6 is 0 Å². The molecule has 7 heteroatoms. The van der Waals surface area contributed by atoms with Gasteiger partial charge in [0.2, 0.25) is 0 Å². The number of carbonyl (C=O) groups excluding carboxylic acids is 2. The van der Waals surface area contributed by atoms with Gasteiger partial charge in [0.15, 0.2) is 0 Å². The number of ether oxygens (including phenoxy) is 1. The maximum absolute atomic E-state index is 12.8. The zero-order valence-corrected chi connectivity index (χ0v) is 15.8. The molecular weight excluding hydrogens is 334 g/mol. The van der Waals surface area contributed by atoms with Crippen LogP contribution in [0.25, 0.3) is 0 Å².